The summed E-state index contributed by atoms with van der Waals surface area (Å²) in [4.78, 5) is 24.2. The lowest BCUT2D eigenvalue weighted by Gasteiger charge is -2.35. The number of fused-ring (bicyclic) bond motifs is 1. The van der Waals surface area contributed by atoms with Gasteiger partial charge in [0.05, 0.1) is 22.3 Å². The van der Waals surface area contributed by atoms with E-state index in [0.29, 0.717) is 30.3 Å². The van der Waals surface area contributed by atoms with Crippen LogP contribution in [0.4, 0.5) is 0 Å². The lowest BCUT2D eigenvalue weighted by Crippen LogP contribution is -2.47. The third-order valence-electron chi connectivity index (χ3n) is 10.7. The van der Waals surface area contributed by atoms with Crippen LogP contribution in [0.25, 0.3) is 10.2 Å². The number of carbonyl (C=O) groups is 1. The Morgan fingerprint density at radius 3 is 2.37 bits per heavy atom. The number of benzene rings is 3. The number of carbonyl (C=O) groups excluding carboxylic acids is 1. The molecule has 1 saturated carbocycles. The first-order chi connectivity index (χ1) is 22.6. The van der Waals surface area contributed by atoms with Crippen molar-refractivity contribution < 1.29 is 14.3 Å². The molecule has 4 aromatic rings. The molecule has 3 aliphatic rings. The molecule has 3 heterocycles. The number of nitrogens with zero attached hydrogens (tertiary/aromatic N) is 3. The summed E-state index contributed by atoms with van der Waals surface area (Å²) in [7, 11) is 1.67. The first kappa shape index (κ1) is 31.3. The van der Waals surface area contributed by atoms with Gasteiger partial charge in [0, 0.05) is 31.5 Å². The molecule has 7 heteroatoms. The molecule has 0 radical (unpaired) electrons. The number of likely N-dealkylation sites (tertiary alicyclic amines) is 2. The van der Waals surface area contributed by atoms with Crippen LogP contribution in [0.2, 0.25) is 0 Å². The van der Waals surface area contributed by atoms with Crippen LogP contribution in [-0.4, -0.2) is 66.6 Å². The number of ether oxygens (including phenoxy) is 2. The maximum absolute atomic E-state index is 14.0. The van der Waals surface area contributed by atoms with Gasteiger partial charge in [-0.05, 0) is 86.0 Å². The topological polar surface area (TPSA) is 54.9 Å². The number of methoxy groups -OCH3 is 1. The molecule has 2 saturated heterocycles. The van der Waals surface area contributed by atoms with E-state index < -0.39 is 0 Å². The molecule has 7 rings (SSSR count). The van der Waals surface area contributed by atoms with E-state index in [1.807, 2.05) is 35.6 Å². The molecule has 0 amide bonds. The molecule has 3 fully saturated rings. The zero-order valence-electron chi connectivity index (χ0n) is 27.1. The highest BCUT2D eigenvalue weighted by Gasteiger charge is 2.44. The van der Waals surface area contributed by atoms with Crippen LogP contribution in [0.1, 0.15) is 72.9 Å². The zero-order valence-corrected chi connectivity index (χ0v) is 27.9. The highest BCUT2D eigenvalue weighted by atomic mass is 32.1. The van der Waals surface area contributed by atoms with Gasteiger partial charge in [-0.1, -0.05) is 73.9 Å². The number of hydrogen-bond acceptors (Lipinski definition) is 7. The third-order valence-corrected chi connectivity index (χ3v) is 11.9. The van der Waals surface area contributed by atoms with Crippen molar-refractivity contribution in [3.05, 3.63) is 95.0 Å². The van der Waals surface area contributed by atoms with Crippen molar-refractivity contribution >= 4 is 27.5 Å². The quantitative estimate of drug-likeness (QED) is 0.165. The van der Waals surface area contributed by atoms with E-state index in [2.05, 4.69) is 64.4 Å². The van der Waals surface area contributed by atoms with Gasteiger partial charge < -0.3 is 14.4 Å². The van der Waals surface area contributed by atoms with E-state index in [0.717, 1.165) is 75.2 Å². The van der Waals surface area contributed by atoms with Crippen molar-refractivity contribution in [3.8, 4) is 5.75 Å². The van der Waals surface area contributed by atoms with E-state index in [1.54, 1.807) is 7.11 Å². The van der Waals surface area contributed by atoms with E-state index in [-0.39, 0.29) is 12.0 Å². The summed E-state index contributed by atoms with van der Waals surface area (Å²) >= 11 is 1.87. The van der Waals surface area contributed by atoms with Crippen LogP contribution in [0.3, 0.4) is 0 Å². The van der Waals surface area contributed by atoms with Crippen molar-refractivity contribution in [1.29, 1.82) is 0 Å². The van der Waals surface area contributed by atoms with Gasteiger partial charge in [0.1, 0.15) is 18.4 Å². The number of esters is 1. The number of hydrogen-bond donors (Lipinski definition) is 0. The molecule has 242 valence electrons. The summed E-state index contributed by atoms with van der Waals surface area (Å²) in [6.45, 7) is 5.44. The van der Waals surface area contributed by atoms with E-state index in [9.17, 15) is 4.79 Å². The number of thiazole rings is 1. The molecule has 2 aliphatic heterocycles. The van der Waals surface area contributed by atoms with Crippen molar-refractivity contribution in [3.63, 3.8) is 0 Å². The van der Waals surface area contributed by atoms with Gasteiger partial charge in [-0.2, -0.15) is 0 Å². The number of para-hydroxylation sites is 1. The fourth-order valence-electron chi connectivity index (χ4n) is 8.20. The fourth-order valence-corrected chi connectivity index (χ4v) is 9.34. The molecule has 1 aromatic heterocycles. The molecule has 3 aromatic carbocycles. The first-order valence-corrected chi connectivity index (χ1v) is 18.1. The second kappa shape index (κ2) is 14.7. The maximum Gasteiger partial charge on any atom is 0.323 e. The molecule has 0 spiro atoms. The Morgan fingerprint density at radius 1 is 0.891 bits per heavy atom. The molecule has 0 N–H and O–H groups in total. The minimum atomic E-state index is -0.181. The molecular weight excluding hydrogens is 591 g/mol. The standard InChI is InChI=1S/C39H47N3O3S/c1-44-33-18-16-28(17-19-33)27-45-39(43)37(30-12-6-3-7-13-30)42-25-32(34(26-42)29-10-4-2-5-11-29)24-41-22-20-31(21-23-41)38-40-35-14-8-9-15-36(35)46-38/h2,4-5,8-11,14-19,30-32,34,37H,3,6-7,12-13,20-27H2,1H3/t32-,34+,37+/m0/s1. The van der Waals surface area contributed by atoms with Crippen molar-refractivity contribution in [1.82, 2.24) is 14.8 Å². The zero-order chi connectivity index (χ0) is 31.3. The van der Waals surface area contributed by atoms with Crippen molar-refractivity contribution in [2.45, 2.75) is 69.4 Å². The second-order valence-electron chi connectivity index (χ2n) is 13.6. The van der Waals surface area contributed by atoms with Crippen molar-refractivity contribution in [2.24, 2.45) is 11.8 Å². The summed E-state index contributed by atoms with van der Waals surface area (Å²) in [5.74, 6) is 2.55. The molecule has 3 atom stereocenters. The Morgan fingerprint density at radius 2 is 1.63 bits per heavy atom. The molecule has 1 aliphatic carbocycles. The third kappa shape index (κ3) is 7.17. The summed E-state index contributed by atoms with van der Waals surface area (Å²) < 4.78 is 12.7. The highest BCUT2D eigenvalue weighted by molar-refractivity contribution is 7.18. The molecule has 0 bridgehead atoms. The van der Waals surface area contributed by atoms with Crippen LogP contribution < -0.4 is 4.74 Å². The largest absolute Gasteiger partial charge is 0.497 e. The van der Waals surface area contributed by atoms with E-state index in [4.69, 9.17) is 14.5 Å². The predicted molar refractivity (Wildman–Crippen MR) is 185 cm³/mol. The first-order valence-electron chi connectivity index (χ1n) is 17.3. The monoisotopic (exact) mass is 637 g/mol. The Kier molecular flexibility index (Phi) is 9.99. The molecular formula is C39H47N3O3S. The van der Waals surface area contributed by atoms with Crippen LogP contribution in [0.15, 0.2) is 78.9 Å². The van der Waals surface area contributed by atoms with E-state index in [1.165, 1.54) is 34.5 Å². The number of piperidine rings is 1. The highest BCUT2D eigenvalue weighted by Crippen LogP contribution is 2.40. The Hall–Kier alpha value is -3.26. The Balaban J connectivity index is 1.05. The van der Waals surface area contributed by atoms with Gasteiger partial charge in [-0.15, -0.1) is 11.3 Å². The summed E-state index contributed by atoms with van der Waals surface area (Å²) in [6.07, 6.45) is 8.22. The lowest BCUT2D eigenvalue weighted by atomic mass is 9.83. The Labute approximate surface area is 277 Å². The van der Waals surface area contributed by atoms with Gasteiger partial charge in [0.15, 0.2) is 0 Å². The minimum Gasteiger partial charge on any atom is -0.497 e. The fraction of sp³-hybridized carbons (Fsp3) is 0.487. The van der Waals surface area contributed by atoms with Gasteiger partial charge in [-0.3, -0.25) is 9.69 Å². The van der Waals surface area contributed by atoms with Gasteiger partial charge in [0.25, 0.3) is 0 Å². The minimum absolute atomic E-state index is 0.0492. The average molecular weight is 638 g/mol. The van der Waals surface area contributed by atoms with E-state index >= 15 is 0 Å². The van der Waals surface area contributed by atoms with Crippen LogP contribution in [-0.2, 0) is 16.1 Å². The van der Waals surface area contributed by atoms with Crippen LogP contribution in [0.5, 0.6) is 5.75 Å². The maximum atomic E-state index is 14.0. The number of rotatable bonds is 10. The average Bonchev–Trinajstić information content (AvgIpc) is 3.73. The SMILES string of the molecule is COc1ccc(COC(=O)[C@@H](C2CCCCC2)N2C[C@H](CN3CCC(c4nc5ccccc5s4)CC3)[C@@H](c3ccccc3)C2)cc1. The summed E-state index contributed by atoms with van der Waals surface area (Å²) in [5, 5.41) is 1.30. The van der Waals surface area contributed by atoms with Gasteiger partial charge in [0.2, 0.25) is 0 Å². The predicted octanol–water partition coefficient (Wildman–Crippen LogP) is 7.89. The van der Waals surface area contributed by atoms with Crippen LogP contribution in [0, 0.1) is 11.8 Å². The van der Waals surface area contributed by atoms with Gasteiger partial charge in [-0.25, -0.2) is 4.98 Å². The van der Waals surface area contributed by atoms with Crippen LogP contribution >= 0.6 is 11.3 Å². The lowest BCUT2D eigenvalue weighted by molar-refractivity contribution is -0.154. The second-order valence-corrected chi connectivity index (χ2v) is 14.7. The molecule has 46 heavy (non-hydrogen) atoms. The molecule has 0 unspecified atom stereocenters. The van der Waals surface area contributed by atoms with Crippen molar-refractivity contribution in [2.75, 3.05) is 39.8 Å². The summed E-state index contributed by atoms with van der Waals surface area (Å²) in [6, 6.07) is 27.2. The normalized spacial score (nSPS) is 22.6. The summed E-state index contributed by atoms with van der Waals surface area (Å²) in [5.41, 5.74) is 3.53. The molecule has 6 nitrogen and oxygen atoms in total. The number of aromatic nitrogens is 1. The Bertz CT molecular complexity index is 1530. The smallest absolute Gasteiger partial charge is 0.323 e. The van der Waals surface area contributed by atoms with Gasteiger partial charge >= 0.3 is 5.97 Å².